The summed E-state index contributed by atoms with van der Waals surface area (Å²) in [6, 6.07) is 0.665. The molecule has 0 aliphatic carbocycles. The monoisotopic (exact) mass is 376 g/mol. The van der Waals surface area contributed by atoms with Crippen LogP contribution in [-0.4, -0.2) is 87.9 Å². The van der Waals surface area contributed by atoms with Crippen molar-refractivity contribution in [2.75, 3.05) is 52.2 Å². The molecule has 0 saturated carbocycles. The molecule has 0 unspecified atom stereocenters. The number of nitrogens with one attached hydrogen (secondary N) is 2. The fourth-order valence-corrected chi connectivity index (χ4v) is 4.58. The van der Waals surface area contributed by atoms with Crippen LogP contribution >= 0.6 is 0 Å². The van der Waals surface area contributed by atoms with E-state index >= 15 is 0 Å². The second kappa shape index (κ2) is 9.70. The summed E-state index contributed by atoms with van der Waals surface area (Å²) in [6.45, 7) is 6.57. The van der Waals surface area contributed by atoms with Crippen molar-refractivity contribution in [3.63, 3.8) is 0 Å². The van der Waals surface area contributed by atoms with Gasteiger partial charge in [0.05, 0.1) is 6.26 Å². The molecule has 2 saturated heterocycles. The molecular weight excluding hydrogens is 344 g/mol. The number of hydrogen-bond donors (Lipinski definition) is 2. The van der Waals surface area contributed by atoms with Crippen LogP contribution in [0.2, 0.25) is 0 Å². The molecule has 146 valence electrons. The summed E-state index contributed by atoms with van der Waals surface area (Å²) < 4.78 is 30.5. The third-order valence-electron chi connectivity index (χ3n) is 5.01. The van der Waals surface area contributed by atoms with E-state index in [1.807, 2.05) is 6.92 Å². The molecule has 0 bridgehead atoms. The number of nitrogens with zero attached hydrogens (tertiary/aromatic N) is 2. The zero-order valence-corrected chi connectivity index (χ0v) is 16.2. The molecular formula is C16H32N4O4S. The Morgan fingerprint density at radius 3 is 2.28 bits per heavy atom. The highest BCUT2D eigenvalue weighted by Crippen LogP contribution is 2.24. The largest absolute Gasteiger partial charge is 0.381 e. The molecule has 2 aliphatic rings. The number of rotatable bonds is 7. The molecule has 9 heteroatoms. The first-order valence-corrected chi connectivity index (χ1v) is 11.1. The number of amides is 2. The van der Waals surface area contributed by atoms with Crippen LogP contribution in [0.25, 0.3) is 0 Å². The zero-order chi connectivity index (χ0) is 18.3. The van der Waals surface area contributed by atoms with Crippen molar-refractivity contribution >= 4 is 16.1 Å². The van der Waals surface area contributed by atoms with Gasteiger partial charge in [-0.15, -0.1) is 0 Å². The lowest BCUT2D eigenvalue weighted by Gasteiger charge is -2.43. The number of hydrogen-bond acceptors (Lipinski definition) is 5. The molecule has 2 fully saturated rings. The second-order valence-corrected chi connectivity index (χ2v) is 8.74. The minimum Gasteiger partial charge on any atom is -0.381 e. The third-order valence-corrected chi connectivity index (χ3v) is 6.32. The smallest absolute Gasteiger partial charge is 0.314 e. The first-order valence-electron chi connectivity index (χ1n) is 9.22. The Labute approximate surface area is 151 Å². The number of ether oxygens (including phenoxy) is 1. The lowest BCUT2D eigenvalue weighted by molar-refractivity contribution is 0.00774. The van der Waals surface area contributed by atoms with Crippen LogP contribution in [0.15, 0.2) is 0 Å². The lowest BCUT2D eigenvalue weighted by atomic mass is 9.99. The van der Waals surface area contributed by atoms with Crippen LogP contribution in [0.1, 0.15) is 32.6 Å². The molecule has 2 N–H and O–H groups in total. The van der Waals surface area contributed by atoms with E-state index in [4.69, 9.17) is 4.74 Å². The van der Waals surface area contributed by atoms with E-state index in [-0.39, 0.29) is 6.03 Å². The summed E-state index contributed by atoms with van der Waals surface area (Å²) in [5.41, 5.74) is 0. The quantitative estimate of drug-likeness (QED) is 0.663. The molecule has 0 aromatic carbocycles. The normalized spacial score (nSPS) is 21.4. The van der Waals surface area contributed by atoms with Gasteiger partial charge in [0.1, 0.15) is 0 Å². The first kappa shape index (κ1) is 20.4. The van der Waals surface area contributed by atoms with Gasteiger partial charge in [-0.3, -0.25) is 4.90 Å². The summed E-state index contributed by atoms with van der Waals surface area (Å²) in [7, 11) is -3.10. The Kier molecular flexibility index (Phi) is 7.92. The molecule has 2 rings (SSSR count). The highest BCUT2D eigenvalue weighted by molar-refractivity contribution is 7.88. The van der Waals surface area contributed by atoms with Crippen LogP contribution in [0.3, 0.4) is 0 Å². The highest BCUT2D eigenvalue weighted by atomic mass is 32.2. The Hall–Kier alpha value is -0.900. The van der Waals surface area contributed by atoms with Gasteiger partial charge in [0, 0.05) is 58.0 Å². The van der Waals surface area contributed by atoms with Crippen LogP contribution in [0.4, 0.5) is 4.79 Å². The standard InChI is InChI=1S/C16H32N4O4S/c1-3-17-16(21)18-8-11-20(15-6-12-24-13-7-15)14-4-9-19(10-5-14)25(2,22)23/h14-15H,3-13H2,1-2H3,(H2,17,18,21). The summed E-state index contributed by atoms with van der Waals surface area (Å²) in [5, 5.41) is 5.63. The van der Waals surface area contributed by atoms with Crippen LogP contribution in [-0.2, 0) is 14.8 Å². The van der Waals surface area contributed by atoms with Crippen molar-refractivity contribution in [3.8, 4) is 0 Å². The molecule has 0 spiro atoms. The second-order valence-electron chi connectivity index (χ2n) is 6.76. The van der Waals surface area contributed by atoms with Crippen molar-refractivity contribution in [2.45, 2.75) is 44.7 Å². The summed E-state index contributed by atoms with van der Waals surface area (Å²) in [4.78, 5) is 14.1. The van der Waals surface area contributed by atoms with Crippen LogP contribution < -0.4 is 10.6 Å². The topological polar surface area (TPSA) is 91.0 Å². The predicted octanol–water partition coefficient (Wildman–Crippen LogP) is 0.211. The van der Waals surface area contributed by atoms with E-state index in [1.54, 1.807) is 4.31 Å². The van der Waals surface area contributed by atoms with Gasteiger partial charge >= 0.3 is 6.03 Å². The van der Waals surface area contributed by atoms with Crippen molar-refractivity contribution in [1.29, 1.82) is 0 Å². The van der Waals surface area contributed by atoms with E-state index in [2.05, 4.69) is 15.5 Å². The van der Waals surface area contributed by atoms with Crippen molar-refractivity contribution in [1.82, 2.24) is 19.8 Å². The highest BCUT2D eigenvalue weighted by Gasteiger charge is 2.32. The van der Waals surface area contributed by atoms with Crippen LogP contribution in [0, 0.1) is 0 Å². The fraction of sp³-hybridized carbons (Fsp3) is 0.938. The maximum Gasteiger partial charge on any atom is 0.314 e. The van der Waals surface area contributed by atoms with Gasteiger partial charge < -0.3 is 15.4 Å². The van der Waals surface area contributed by atoms with E-state index < -0.39 is 10.0 Å². The SMILES string of the molecule is CCNC(=O)NCCN(C1CCOCC1)C1CCN(S(C)(=O)=O)CC1. The summed E-state index contributed by atoms with van der Waals surface area (Å²) >= 11 is 0. The van der Waals surface area contributed by atoms with E-state index in [1.165, 1.54) is 6.26 Å². The maximum absolute atomic E-state index is 11.7. The number of carbonyl (C=O) groups is 1. The maximum atomic E-state index is 11.7. The lowest BCUT2D eigenvalue weighted by Crippen LogP contribution is -2.53. The minimum absolute atomic E-state index is 0.138. The number of piperidine rings is 1. The van der Waals surface area contributed by atoms with E-state index in [0.29, 0.717) is 38.3 Å². The van der Waals surface area contributed by atoms with Gasteiger partial charge in [0.2, 0.25) is 10.0 Å². The fourth-order valence-electron chi connectivity index (χ4n) is 3.71. The first-order chi connectivity index (χ1) is 11.9. The van der Waals surface area contributed by atoms with Gasteiger partial charge in [0.25, 0.3) is 0 Å². The van der Waals surface area contributed by atoms with Crippen molar-refractivity contribution < 1.29 is 17.9 Å². The zero-order valence-electron chi connectivity index (χ0n) is 15.4. The molecule has 2 amide bonds. The van der Waals surface area contributed by atoms with E-state index in [0.717, 1.165) is 45.4 Å². The molecule has 8 nitrogen and oxygen atoms in total. The third kappa shape index (κ3) is 6.40. The van der Waals surface area contributed by atoms with Crippen LogP contribution in [0.5, 0.6) is 0 Å². The average molecular weight is 377 g/mol. The molecule has 0 aromatic rings. The van der Waals surface area contributed by atoms with Gasteiger partial charge in [-0.05, 0) is 32.6 Å². The predicted molar refractivity (Wildman–Crippen MR) is 97.1 cm³/mol. The Morgan fingerprint density at radius 2 is 1.72 bits per heavy atom. The number of urea groups is 1. The molecule has 0 radical (unpaired) electrons. The molecule has 25 heavy (non-hydrogen) atoms. The molecule has 2 aliphatic heterocycles. The minimum atomic E-state index is -3.10. The number of carbonyl (C=O) groups excluding carboxylic acids is 1. The van der Waals surface area contributed by atoms with E-state index in [9.17, 15) is 13.2 Å². The summed E-state index contributed by atoms with van der Waals surface area (Å²) in [5.74, 6) is 0. The number of sulfonamides is 1. The Bertz CT molecular complexity index is 514. The van der Waals surface area contributed by atoms with Gasteiger partial charge in [-0.2, -0.15) is 0 Å². The van der Waals surface area contributed by atoms with Gasteiger partial charge in [0.15, 0.2) is 0 Å². The van der Waals surface area contributed by atoms with Gasteiger partial charge in [-0.25, -0.2) is 17.5 Å². The molecule has 2 heterocycles. The average Bonchev–Trinajstić information content (AvgIpc) is 2.59. The van der Waals surface area contributed by atoms with Crippen molar-refractivity contribution in [2.24, 2.45) is 0 Å². The molecule has 0 aromatic heterocycles. The Balaban J connectivity index is 1.91. The Morgan fingerprint density at radius 1 is 1.12 bits per heavy atom. The van der Waals surface area contributed by atoms with Gasteiger partial charge in [-0.1, -0.05) is 0 Å². The van der Waals surface area contributed by atoms with Crippen molar-refractivity contribution in [3.05, 3.63) is 0 Å². The summed E-state index contributed by atoms with van der Waals surface area (Å²) in [6.07, 6.45) is 4.94. The molecule has 0 atom stereocenters.